The van der Waals surface area contributed by atoms with Crippen molar-refractivity contribution in [3.05, 3.63) is 82.7 Å². The molecule has 2 aromatic carbocycles. The molecule has 100 valence electrons. The van der Waals surface area contributed by atoms with Gasteiger partial charge in [-0.25, -0.2) is 4.99 Å². The highest BCUT2D eigenvalue weighted by Crippen LogP contribution is 2.10. The molecule has 0 aliphatic rings. The molecule has 0 saturated heterocycles. The monoisotopic (exact) mass is 267 g/mol. The van der Waals surface area contributed by atoms with Crippen molar-refractivity contribution in [1.82, 2.24) is 0 Å². The standard InChI is InChI=1S/C15H13N3O2/c19-18(20)15(11-16-13-7-3-1-4-8-13)12-17-14-9-5-2-6-10-14/h1-12,16H. The molecule has 0 atom stereocenters. The van der Waals surface area contributed by atoms with Gasteiger partial charge in [-0.15, -0.1) is 0 Å². The average Bonchev–Trinajstić information content (AvgIpc) is 2.49. The fourth-order valence-corrected chi connectivity index (χ4v) is 1.48. The number of para-hydroxylation sites is 2. The zero-order valence-electron chi connectivity index (χ0n) is 10.6. The number of allylic oxidation sites excluding steroid dienone is 1. The van der Waals surface area contributed by atoms with Gasteiger partial charge in [0.05, 0.1) is 16.8 Å². The smallest absolute Gasteiger partial charge is 0.303 e. The summed E-state index contributed by atoms with van der Waals surface area (Å²) in [6.07, 6.45) is 2.55. The lowest BCUT2D eigenvalue weighted by Crippen LogP contribution is -2.03. The van der Waals surface area contributed by atoms with Crippen LogP contribution in [-0.2, 0) is 0 Å². The first-order valence-corrected chi connectivity index (χ1v) is 6.01. The second kappa shape index (κ2) is 6.84. The van der Waals surface area contributed by atoms with Crippen molar-refractivity contribution in [2.75, 3.05) is 5.32 Å². The van der Waals surface area contributed by atoms with Gasteiger partial charge in [-0.3, -0.25) is 10.1 Å². The van der Waals surface area contributed by atoms with Crippen molar-refractivity contribution in [2.24, 2.45) is 4.99 Å². The highest BCUT2D eigenvalue weighted by molar-refractivity contribution is 5.78. The maximum absolute atomic E-state index is 10.9. The van der Waals surface area contributed by atoms with Gasteiger partial charge in [0, 0.05) is 5.69 Å². The van der Waals surface area contributed by atoms with Crippen LogP contribution in [0.15, 0.2) is 77.6 Å². The first-order valence-electron chi connectivity index (χ1n) is 6.01. The Morgan fingerprint density at radius 1 is 1.05 bits per heavy atom. The molecular weight excluding hydrogens is 254 g/mol. The quantitative estimate of drug-likeness (QED) is 0.511. The van der Waals surface area contributed by atoms with Gasteiger partial charge in [-0.05, 0) is 24.3 Å². The SMILES string of the molecule is O=[N+]([O-])C(C=Nc1ccccc1)=CNc1ccccc1. The van der Waals surface area contributed by atoms with E-state index in [9.17, 15) is 10.1 Å². The summed E-state index contributed by atoms with van der Waals surface area (Å²) in [6, 6.07) is 18.3. The van der Waals surface area contributed by atoms with Crippen LogP contribution < -0.4 is 5.32 Å². The Kier molecular flexibility index (Phi) is 4.61. The Bertz CT molecular complexity index is 622. The first kappa shape index (κ1) is 13.5. The molecule has 0 unspecified atom stereocenters. The minimum absolute atomic E-state index is 0.113. The van der Waals surface area contributed by atoms with E-state index in [-0.39, 0.29) is 5.70 Å². The molecule has 2 rings (SSSR count). The van der Waals surface area contributed by atoms with Gasteiger partial charge < -0.3 is 5.32 Å². The molecule has 0 radical (unpaired) electrons. The van der Waals surface area contributed by atoms with Crippen molar-refractivity contribution in [1.29, 1.82) is 0 Å². The molecule has 5 heteroatoms. The predicted octanol–water partition coefficient (Wildman–Crippen LogP) is 3.62. The van der Waals surface area contributed by atoms with Crippen LogP contribution >= 0.6 is 0 Å². The molecule has 0 fully saturated rings. The van der Waals surface area contributed by atoms with Gasteiger partial charge in [-0.1, -0.05) is 36.4 Å². The predicted molar refractivity (Wildman–Crippen MR) is 79.7 cm³/mol. The third-order valence-electron chi connectivity index (χ3n) is 2.47. The van der Waals surface area contributed by atoms with E-state index < -0.39 is 4.92 Å². The average molecular weight is 267 g/mol. The number of benzene rings is 2. The van der Waals surface area contributed by atoms with E-state index in [1.54, 1.807) is 12.1 Å². The van der Waals surface area contributed by atoms with Gasteiger partial charge in [-0.2, -0.15) is 0 Å². The lowest BCUT2D eigenvalue weighted by molar-refractivity contribution is -0.414. The fraction of sp³-hybridized carbons (Fsp3) is 0. The Hall–Kier alpha value is -2.95. The molecule has 0 saturated carbocycles. The molecule has 1 N–H and O–H groups in total. The van der Waals surface area contributed by atoms with Crippen molar-refractivity contribution >= 4 is 17.6 Å². The van der Waals surface area contributed by atoms with Crippen molar-refractivity contribution in [2.45, 2.75) is 0 Å². The summed E-state index contributed by atoms with van der Waals surface area (Å²) in [7, 11) is 0. The van der Waals surface area contributed by atoms with Gasteiger partial charge in [0.2, 0.25) is 0 Å². The highest BCUT2D eigenvalue weighted by Gasteiger charge is 2.06. The number of nitrogens with zero attached hydrogens (tertiary/aromatic N) is 2. The molecule has 5 nitrogen and oxygen atoms in total. The number of rotatable bonds is 5. The summed E-state index contributed by atoms with van der Waals surface area (Å²) < 4.78 is 0. The normalized spacial score (nSPS) is 11.5. The van der Waals surface area contributed by atoms with E-state index in [1.165, 1.54) is 12.4 Å². The maximum Gasteiger partial charge on any atom is 0.303 e. The molecule has 2 aromatic rings. The Labute approximate surface area is 116 Å². The fourth-order valence-electron chi connectivity index (χ4n) is 1.48. The van der Waals surface area contributed by atoms with Crippen LogP contribution in [0.5, 0.6) is 0 Å². The Morgan fingerprint density at radius 2 is 1.65 bits per heavy atom. The number of hydrogen-bond donors (Lipinski definition) is 1. The van der Waals surface area contributed by atoms with Crippen LogP contribution in [0.4, 0.5) is 11.4 Å². The van der Waals surface area contributed by atoms with Crippen LogP contribution in [0.1, 0.15) is 0 Å². The number of aliphatic imine (C=N–C) groups is 1. The summed E-state index contributed by atoms with van der Waals surface area (Å²) in [4.78, 5) is 14.5. The Morgan fingerprint density at radius 3 is 2.25 bits per heavy atom. The molecule has 0 aromatic heterocycles. The van der Waals surface area contributed by atoms with E-state index in [1.807, 2.05) is 48.5 Å². The summed E-state index contributed by atoms with van der Waals surface area (Å²) in [5.41, 5.74) is 1.33. The van der Waals surface area contributed by atoms with E-state index >= 15 is 0 Å². The second-order valence-electron chi connectivity index (χ2n) is 3.93. The Balaban J connectivity index is 2.11. The lowest BCUT2D eigenvalue weighted by atomic mass is 10.3. The van der Waals surface area contributed by atoms with Crippen molar-refractivity contribution < 1.29 is 4.92 Å². The van der Waals surface area contributed by atoms with Gasteiger partial charge >= 0.3 is 5.70 Å². The zero-order chi connectivity index (χ0) is 14.2. The van der Waals surface area contributed by atoms with E-state index in [2.05, 4.69) is 10.3 Å². The number of nitro groups is 1. The minimum atomic E-state index is -0.484. The van der Waals surface area contributed by atoms with Crippen LogP contribution in [0, 0.1) is 10.1 Å². The van der Waals surface area contributed by atoms with Gasteiger partial charge in [0.15, 0.2) is 0 Å². The first-order chi connectivity index (χ1) is 9.75. The van der Waals surface area contributed by atoms with E-state index in [0.717, 1.165) is 5.69 Å². The molecule has 0 aliphatic carbocycles. The summed E-state index contributed by atoms with van der Waals surface area (Å²) in [5, 5.41) is 13.8. The largest absolute Gasteiger partial charge is 0.356 e. The third kappa shape index (κ3) is 4.06. The van der Waals surface area contributed by atoms with Crippen LogP contribution in [-0.4, -0.2) is 11.1 Å². The third-order valence-corrected chi connectivity index (χ3v) is 2.47. The van der Waals surface area contributed by atoms with E-state index in [0.29, 0.717) is 5.69 Å². The van der Waals surface area contributed by atoms with Gasteiger partial charge in [0.1, 0.15) is 6.21 Å². The van der Waals surface area contributed by atoms with E-state index in [4.69, 9.17) is 0 Å². The highest BCUT2D eigenvalue weighted by atomic mass is 16.6. The zero-order valence-corrected chi connectivity index (χ0v) is 10.6. The van der Waals surface area contributed by atoms with Crippen LogP contribution in [0.2, 0.25) is 0 Å². The van der Waals surface area contributed by atoms with Crippen molar-refractivity contribution in [3.63, 3.8) is 0 Å². The summed E-state index contributed by atoms with van der Waals surface area (Å²) in [6.45, 7) is 0. The second-order valence-corrected chi connectivity index (χ2v) is 3.93. The van der Waals surface area contributed by atoms with Crippen molar-refractivity contribution in [3.8, 4) is 0 Å². The summed E-state index contributed by atoms with van der Waals surface area (Å²) in [5.74, 6) is 0. The number of hydrogen-bond acceptors (Lipinski definition) is 4. The number of nitrogens with one attached hydrogen (secondary N) is 1. The molecule has 0 spiro atoms. The molecule has 0 aliphatic heterocycles. The maximum atomic E-state index is 10.9. The molecule has 0 amide bonds. The lowest BCUT2D eigenvalue weighted by Gasteiger charge is -1.99. The summed E-state index contributed by atoms with van der Waals surface area (Å²) >= 11 is 0. The number of anilines is 1. The van der Waals surface area contributed by atoms with Gasteiger partial charge in [0.25, 0.3) is 0 Å². The topological polar surface area (TPSA) is 67.5 Å². The molecular formula is C15H13N3O2. The van der Waals surface area contributed by atoms with Crippen LogP contribution in [0.25, 0.3) is 0 Å². The molecule has 0 bridgehead atoms. The molecule has 20 heavy (non-hydrogen) atoms. The molecule has 0 heterocycles. The minimum Gasteiger partial charge on any atom is -0.356 e. The van der Waals surface area contributed by atoms with Crippen LogP contribution in [0.3, 0.4) is 0 Å².